The average Bonchev–Trinajstić information content (AvgIpc) is 3.08. The van der Waals surface area contributed by atoms with Crippen LogP contribution in [-0.4, -0.2) is 9.98 Å². The van der Waals surface area contributed by atoms with Crippen LogP contribution in [0.4, 0.5) is 0 Å². The molecule has 0 spiro atoms. The molecule has 0 aliphatic carbocycles. The molecule has 0 saturated heterocycles. The van der Waals surface area contributed by atoms with Gasteiger partial charge in [0, 0.05) is 11.1 Å². The van der Waals surface area contributed by atoms with E-state index in [0.717, 1.165) is 43.6 Å². The molecule has 0 saturated carbocycles. The van der Waals surface area contributed by atoms with Crippen molar-refractivity contribution >= 4 is 45.8 Å². The van der Waals surface area contributed by atoms with Gasteiger partial charge in [0.05, 0.1) is 11.4 Å². The van der Waals surface area contributed by atoms with E-state index in [1.807, 2.05) is 0 Å². The molecule has 24 heavy (non-hydrogen) atoms. The van der Waals surface area contributed by atoms with Crippen LogP contribution < -0.4 is 10.6 Å². The molecule has 0 aromatic heterocycles. The predicted molar refractivity (Wildman–Crippen MR) is 108 cm³/mol. The van der Waals surface area contributed by atoms with Crippen LogP contribution in [0, 0.1) is 13.8 Å². The topological polar surface area (TPSA) is 24.1 Å². The fraction of sp³-hybridized carbons (Fsp3) is 0.100. The van der Waals surface area contributed by atoms with E-state index in [2.05, 4.69) is 73.0 Å². The van der Waals surface area contributed by atoms with E-state index < -0.39 is 0 Å². The van der Waals surface area contributed by atoms with Gasteiger partial charge in [-0.15, -0.1) is 0 Å². The summed E-state index contributed by atoms with van der Waals surface area (Å²) < 4.78 is 0. The Hall–Kier alpha value is -2.30. The molecule has 0 amide bonds. The molecule has 0 atom stereocenters. The second-order valence-electron chi connectivity index (χ2n) is 6.14. The number of benzene rings is 2. The second kappa shape index (κ2) is 5.65. The Balaban J connectivity index is 1.88. The van der Waals surface area contributed by atoms with E-state index in [0.29, 0.717) is 0 Å². The van der Waals surface area contributed by atoms with E-state index in [9.17, 15) is 0 Å². The lowest BCUT2D eigenvalue weighted by atomic mass is 10.0. The monoisotopic (exact) mass is 348 g/mol. The molecular formula is C20H16N2S2. The van der Waals surface area contributed by atoms with E-state index in [1.165, 1.54) is 11.1 Å². The Morgan fingerprint density at radius 3 is 1.25 bits per heavy atom. The van der Waals surface area contributed by atoms with Crippen LogP contribution in [0.25, 0.3) is 11.4 Å². The quantitative estimate of drug-likeness (QED) is 0.791. The lowest BCUT2D eigenvalue weighted by molar-refractivity contribution is 1.31. The zero-order chi connectivity index (χ0) is 16.8. The summed E-state index contributed by atoms with van der Waals surface area (Å²) in [7, 11) is 0. The standard InChI is InChI=1S/C20H16N2S2/c1-11-3-7-13(8-4-11)17-15-16(20(24)21-17)18(22-19(15)23)14-9-5-12(2)6-10-14/h3-10H,1-2H3,(H,21,24)(H,22,23). The Bertz CT molecular complexity index is 853. The number of nitrogens with one attached hydrogen (secondary N) is 2. The van der Waals surface area contributed by atoms with Crippen molar-refractivity contribution in [1.29, 1.82) is 0 Å². The number of fused-ring (bicyclic) bond motifs is 1. The highest BCUT2D eigenvalue weighted by molar-refractivity contribution is 7.81. The largest absolute Gasteiger partial charge is 0.345 e. The first-order valence-electron chi connectivity index (χ1n) is 7.80. The third kappa shape index (κ3) is 2.39. The maximum absolute atomic E-state index is 5.61. The molecular weight excluding hydrogens is 332 g/mol. The van der Waals surface area contributed by atoms with Gasteiger partial charge in [-0.1, -0.05) is 84.1 Å². The van der Waals surface area contributed by atoms with Gasteiger partial charge in [0.15, 0.2) is 0 Å². The molecule has 2 aromatic carbocycles. The van der Waals surface area contributed by atoms with Gasteiger partial charge in [-0.3, -0.25) is 0 Å². The van der Waals surface area contributed by atoms with Gasteiger partial charge in [0.25, 0.3) is 0 Å². The van der Waals surface area contributed by atoms with Gasteiger partial charge in [-0.2, -0.15) is 0 Å². The molecule has 4 heteroatoms. The van der Waals surface area contributed by atoms with Crippen molar-refractivity contribution in [2.45, 2.75) is 13.8 Å². The Kier molecular flexibility index (Phi) is 3.59. The molecule has 2 N–H and O–H groups in total. The summed E-state index contributed by atoms with van der Waals surface area (Å²) in [6.45, 7) is 4.16. The average molecular weight is 348 g/mol. The van der Waals surface area contributed by atoms with Crippen molar-refractivity contribution in [2.24, 2.45) is 0 Å². The first-order chi connectivity index (χ1) is 11.5. The summed E-state index contributed by atoms with van der Waals surface area (Å²) in [5.74, 6) is 0. The summed E-state index contributed by atoms with van der Waals surface area (Å²) in [6, 6.07) is 16.8. The molecule has 2 nitrogen and oxygen atoms in total. The van der Waals surface area contributed by atoms with Crippen molar-refractivity contribution < 1.29 is 0 Å². The summed E-state index contributed by atoms with van der Waals surface area (Å²) >= 11 is 11.2. The van der Waals surface area contributed by atoms with Gasteiger partial charge in [0.1, 0.15) is 9.98 Å². The highest BCUT2D eigenvalue weighted by Gasteiger charge is 2.36. The maximum atomic E-state index is 5.61. The minimum atomic E-state index is 0.725. The smallest absolute Gasteiger partial charge is 0.113 e. The summed E-state index contributed by atoms with van der Waals surface area (Å²) in [4.78, 5) is 1.45. The van der Waals surface area contributed by atoms with Crippen LogP contribution in [0.2, 0.25) is 0 Å². The van der Waals surface area contributed by atoms with Crippen LogP contribution in [0.5, 0.6) is 0 Å². The van der Waals surface area contributed by atoms with Crippen LogP contribution in [0.15, 0.2) is 59.7 Å². The highest BCUT2D eigenvalue weighted by atomic mass is 32.1. The molecule has 0 bridgehead atoms. The number of hydrogen-bond donors (Lipinski definition) is 2. The molecule has 0 fully saturated rings. The zero-order valence-electron chi connectivity index (χ0n) is 13.4. The van der Waals surface area contributed by atoms with Crippen LogP contribution in [-0.2, 0) is 0 Å². The van der Waals surface area contributed by atoms with E-state index in [1.54, 1.807) is 0 Å². The Morgan fingerprint density at radius 1 is 0.583 bits per heavy atom. The predicted octanol–water partition coefficient (Wildman–Crippen LogP) is 4.29. The van der Waals surface area contributed by atoms with E-state index in [-0.39, 0.29) is 0 Å². The number of aryl methyl sites for hydroxylation is 2. The van der Waals surface area contributed by atoms with Crippen molar-refractivity contribution in [1.82, 2.24) is 10.6 Å². The minimum Gasteiger partial charge on any atom is -0.345 e. The van der Waals surface area contributed by atoms with Gasteiger partial charge < -0.3 is 10.6 Å². The zero-order valence-corrected chi connectivity index (χ0v) is 15.1. The summed E-state index contributed by atoms with van der Waals surface area (Å²) in [6.07, 6.45) is 0. The highest BCUT2D eigenvalue weighted by Crippen LogP contribution is 2.38. The van der Waals surface area contributed by atoms with Crippen molar-refractivity contribution in [3.63, 3.8) is 0 Å². The first-order valence-corrected chi connectivity index (χ1v) is 8.62. The molecule has 0 unspecified atom stereocenters. The molecule has 118 valence electrons. The summed E-state index contributed by atoms with van der Waals surface area (Å²) in [5, 5.41) is 6.72. The normalized spacial score (nSPS) is 16.4. The Labute approximate surface area is 152 Å². The number of thiocarbonyl (C=S) groups is 2. The summed E-state index contributed by atoms with van der Waals surface area (Å²) in [5.41, 5.74) is 8.67. The third-order valence-corrected chi connectivity index (χ3v) is 4.97. The third-order valence-electron chi connectivity index (χ3n) is 4.36. The van der Waals surface area contributed by atoms with Crippen LogP contribution in [0.1, 0.15) is 22.3 Å². The van der Waals surface area contributed by atoms with E-state index in [4.69, 9.17) is 24.4 Å². The molecule has 4 rings (SSSR count). The van der Waals surface area contributed by atoms with Crippen LogP contribution in [0.3, 0.4) is 0 Å². The van der Waals surface area contributed by atoms with Crippen molar-refractivity contribution in [3.05, 3.63) is 81.9 Å². The second-order valence-corrected chi connectivity index (χ2v) is 6.96. The van der Waals surface area contributed by atoms with Gasteiger partial charge in [-0.05, 0) is 25.0 Å². The fourth-order valence-corrected chi connectivity index (χ4v) is 3.67. The van der Waals surface area contributed by atoms with Gasteiger partial charge >= 0.3 is 0 Å². The lowest BCUT2D eigenvalue weighted by Gasteiger charge is -2.10. The van der Waals surface area contributed by atoms with Crippen molar-refractivity contribution in [2.75, 3.05) is 0 Å². The SMILES string of the molecule is Cc1ccc(C2=C3C(=S)NC(c4ccc(C)cc4)=C3C(=S)N2)cc1. The molecule has 2 heterocycles. The van der Waals surface area contributed by atoms with Gasteiger partial charge in [0.2, 0.25) is 0 Å². The fourth-order valence-electron chi connectivity index (χ4n) is 3.05. The number of rotatable bonds is 2. The first kappa shape index (κ1) is 15.2. The lowest BCUT2D eigenvalue weighted by Crippen LogP contribution is -2.19. The van der Waals surface area contributed by atoms with E-state index >= 15 is 0 Å². The number of hydrogen-bond acceptors (Lipinski definition) is 2. The molecule has 0 radical (unpaired) electrons. The Morgan fingerprint density at radius 2 is 0.917 bits per heavy atom. The minimum absolute atomic E-state index is 0.725. The molecule has 2 aliphatic heterocycles. The maximum Gasteiger partial charge on any atom is 0.113 e. The molecule has 2 aromatic rings. The molecule has 2 aliphatic rings. The van der Waals surface area contributed by atoms with Crippen molar-refractivity contribution in [3.8, 4) is 0 Å². The van der Waals surface area contributed by atoms with Gasteiger partial charge in [-0.25, -0.2) is 0 Å². The van der Waals surface area contributed by atoms with Crippen LogP contribution >= 0.6 is 24.4 Å².